The van der Waals surface area contributed by atoms with Crippen molar-refractivity contribution in [3.8, 4) is 0 Å². The van der Waals surface area contributed by atoms with Crippen LogP contribution in [0.2, 0.25) is 0 Å². The minimum Gasteiger partial charge on any atom is -0.454 e. The molecule has 3 heteroatoms. The summed E-state index contributed by atoms with van der Waals surface area (Å²) in [5, 5.41) is 0. The first-order valence-electron chi connectivity index (χ1n) is 3.46. The monoisotopic (exact) mass is 154 g/mol. The Kier molecular flexibility index (Phi) is 1.81. The average Bonchev–Trinajstić information content (AvgIpc) is 2.07. The molecule has 0 bridgehead atoms. The Hall–Kier alpha value is -1.12. The first-order chi connectivity index (χ1) is 5.04. The van der Waals surface area contributed by atoms with E-state index in [-0.39, 0.29) is 17.5 Å². The molecule has 1 atom stereocenters. The molecule has 0 saturated heterocycles. The highest BCUT2D eigenvalue weighted by molar-refractivity contribution is 6.18. The van der Waals surface area contributed by atoms with Gasteiger partial charge in [-0.15, -0.1) is 0 Å². The lowest BCUT2D eigenvalue weighted by Crippen LogP contribution is -2.07. The molecule has 60 valence electrons. The smallest absolute Gasteiger partial charge is 0.342 e. The summed E-state index contributed by atoms with van der Waals surface area (Å²) in [4.78, 5) is 21.8. The van der Waals surface area contributed by atoms with E-state index in [4.69, 9.17) is 4.74 Å². The van der Waals surface area contributed by atoms with Crippen LogP contribution in [-0.2, 0) is 14.3 Å². The van der Waals surface area contributed by atoms with Crippen LogP contribution in [0.15, 0.2) is 11.1 Å². The van der Waals surface area contributed by atoms with Crippen LogP contribution in [0.1, 0.15) is 20.8 Å². The van der Waals surface area contributed by atoms with Gasteiger partial charge in [0.2, 0.25) is 0 Å². The molecule has 0 radical (unpaired) electrons. The Bertz CT molecular complexity index is 250. The number of Topliss-reactive ketones (excluding diaryl/α,β-unsaturated/α-hetero) is 1. The third-order valence-electron chi connectivity index (χ3n) is 1.84. The number of hydrogen-bond acceptors (Lipinski definition) is 3. The molecule has 1 heterocycles. The topological polar surface area (TPSA) is 43.4 Å². The Morgan fingerprint density at radius 3 is 2.27 bits per heavy atom. The van der Waals surface area contributed by atoms with Crippen molar-refractivity contribution in [3.05, 3.63) is 11.1 Å². The maximum Gasteiger partial charge on any atom is 0.342 e. The van der Waals surface area contributed by atoms with Crippen molar-refractivity contribution in [2.75, 3.05) is 0 Å². The average molecular weight is 154 g/mol. The summed E-state index contributed by atoms with van der Waals surface area (Å²) in [6.45, 7) is 4.87. The normalized spacial score (nSPS) is 23.9. The van der Waals surface area contributed by atoms with Gasteiger partial charge >= 0.3 is 5.97 Å². The standard InChI is InChI=1S/C8H10O3/c1-4-6(3)11-8(10)7(4)5(2)9/h6H,1-3H3/t6-/m0/s1. The Morgan fingerprint density at radius 2 is 2.09 bits per heavy atom. The number of rotatable bonds is 1. The zero-order chi connectivity index (χ0) is 8.59. The maximum atomic E-state index is 10.9. The third-order valence-corrected chi connectivity index (χ3v) is 1.84. The van der Waals surface area contributed by atoms with Crippen LogP contribution >= 0.6 is 0 Å². The van der Waals surface area contributed by atoms with Gasteiger partial charge < -0.3 is 4.74 Å². The van der Waals surface area contributed by atoms with Gasteiger partial charge in [0, 0.05) is 0 Å². The van der Waals surface area contributed by atoms with Crippen molar-refractivity contribution in [3.63, 3.8) is 0 Å². The van der Waals surface area contributed by atoms with Gasteiger partial charge in [-0.2, -0.15) is 0 Å². The SMILES string of the molecule is CC(=O)C1=C(C)[C@H](C)OC1=O. The van der Waals surface area contributed by atoms with Crippen molar-refractivity contribution >= 4 is 11.8 Å². The Labute approximate surface area is 65.0 Å². The van der Waals surface area contributed by atoms with E-state index in [2.05, 4.69) is 0 Å². The third kappa shape index (κ3) is 1.18. The minimum absolute atomic E-state index is 0.211. The van der Waals surface area contributed by atoms with E-state index < -0.39 is 5.97 Å². The highest BCUT2D eigenvalue weighted by Crippen LogP contribution is 2.22. The number of ketones is 1. The predicted octanol–water partition coefficient (Wildman–Crippen LogP) is 0.837. The zero-order valence-electron chi connectivity index (χ0n) is 6.80. The molecule has 0 aromatic heterocycles. The second-order valence-electron chi connectivity index (χ2n) is 2.66. The Balaban J connectivity index is 3.07. The van der Waals surface area contributed by atoms with Gasteiger partial charge in [-0.05, 0) is 26.3 Å². The van der Waals surface area contributed by atoms with Crippen LogP contribution in [0.5, 0.6) is 0 Å². The van der Waals surface area contributed by atoms with Crippen LogP contribution in [0.25, 0.3) is 0 Å². The van der Waals surface area contributed by atoms with E-state index in [1.165, 1.54) is 6.92 Å². The molecule has 0 unspecified atom stereocenters. The van der Waals surface area contributed by atoms with Crippen molar-refractivity contribution in [1.29, 1.82) is 0 Å². The van der Waals surface area contributed by atoms with Crippen molar-refractivity contribution in [2.24, 2.45) is 0 Å². The van der Waals surface area contributed by atoms with E-state index in [1.807, 2.05) is 0 Å². The van der Waals surface area contributed by atoms with Crippen LogP contribution in [0, 0.1) is 0 Å². The fourth-order valence-corrected chi connectivity index (χ4v) is 1.09. The molecule has 0 amide bonds. The molecule has 0 aromatic rings. The van der Waals surface area contributed by atoms with Gasteiger partial charge in [0.15, 0.2) is 5.78 Å². The first kappa shape index (κ1) is 7.98. The van der Waals surface area contributed by atoms with Crippen molar-refractivity contribution in [1.82, 2.24) is 0 Å². The molecule has 0 N–H and O–H groups in total. The number of ether oxygens (including phenoxy) is 1. The van der Waals surface area contributed by atoms with E-state index in [9.17, 15) is 9.59 Å². The lowest BCUT2D eigenvalue weighted by Gasteiger charge is -2.00. The molecule has 0 saturated carbocycles. The quantitative estimate of drug-likeness (QED) is 0.415. The second-order valence-corrected chi connectivity index (χ2v) is 2.66. The number of carbonyl (C=O) groups is 2. The molecule has 3 nitrogen and oxygen atoms in total. The minimum atomic E-state index is -0.484. The fraction of sp³-hybridized carbons (Fsp3) is 0.500. The second kappa shape index (κ2) is 2.49. The molecule has 0 aliphatic carbocycles. The summed E-state index contributed by atoms with van der Waals surface area (Å²) in [6, 6.07) is 0. The predicted molar refractivity (Wildman–Crippen MR) is 38.9 cm³/mol. The molecule has 1 aliphatic heterocycles. The number of cyclic esters (lactones) is 1. The molecule has 0 fully saturated rings. The first-order valence-corrected chi connectivity index (χ1v) is 3.46. The van der Waals surface area contributed by atoms with Crippen LogP contribution < -0.4 is 0 Å². The molecular weight excluding hydrogens is 144 g/mol. The molecule has 1 aliphatic rings. The lowest BCUT2D eigenvalue weighted by atomic mass is 10.1. The fourth-order valence-electron chi connectivity index (χ4n) is 1.09. The van der Waals surface area contributed by atoms with Crippen molar-refractivity contribution < 1.29 is 14.3 Å². The summed E-state index contributed by atoms with van der Waals surface area (Å²) in [5.74, 6) is -0.695. The summed E-state index contributed by atoms with van der Waals surface area (Å²) in [7, 11) is 0. The summed E-state index contributed by atoms with van der Waals surface area (Å²) >= 11 is 0. The van der Waals surface area contributed by atoms with Crippen molar-refractivity contribution in [2.45, 2.75) is 26.9 Å². The van der Waals surface area contributed by atoms with E-state index in [1.54, 1.807) is 13.8 Å². The molecule has 1 rings (SSSR count). The van der Waals surface area contributed by atoms with E-state index in [0.717, 1.165) is 5.57 Å². The summed E-state index contributed by atoms with van der Waals surface area (Å²) in [5.41, 5.74) is 0.958. The van der Waals surface area contributed by atoms with Gasteiger partial charge in [0.25, 0.3) is 0 Å². The van der Waals surface area contributed by atoms with Crippen LogP contribution in [0.3, 0.4) is 0 Å². The number of carbonyl (C=O) groups excluding carboxylic acids is 2. The lowest BCUT2D eigenvalue weighted by molar-refractivity contribution is -0.140. The van der Waals surface area contributed by atoms with E-state index in [0.29, 0.717) is 0 Å². The molecule has 0 spiro atoms. The molecular formula is C8H10O3. The number of hydrogen-bond donors (Lipinski definition) is 0. The van der Waals surface area contributed by atoms with Crippen LogP contribution in [-0.4, -0.2) is 17.9 Å². The maximum absolute atomic E-state index is 10.9. The Morgan fingerprint density at radius 1 is 1.55 bits per heavy atom. The van der Waals surface area contributed by atoms with Gasteiger partial charge in [-0.1, -0.05) is 0 Å². The van der Waals surface area contributed by atoms with Gasteiger partial charge in [-0.3, -0.25) is 4.79 Å². The van der Waals surface area contributed by atoms with Crippen LogP contribution in [0.4, 0.5) is 0 Å². The molecule has 11 heavy (non-hydrogen) atoms. The van der Waals surface area contributed by atoms with Gasteiger partial charge in [0.05, 0.1) is 0 Å². The highest BCUT2D eigenvalue weighted by atomic mass is 16.5. The molecule has 0 aromatic carbocycles. The summed E-state index contributed by atoms with van der Waals surface area (Å²) < 4.78 is 4.81. The van der Waals surface area contributed by atoms with Gasteiger partial charge in [-0.25, -0.2) is 4.79 Å². The highest BCUT2D eigenvalue weighted by Gasteiger charge is 2.30. The van der Waals surface area contributed by atoms with Gasteiger partial charge in [0.1, 0.15) is 11.7 Å². The zero-order valence-corrected chi connectivity index (χ0v) is 6.80. The number of esters is 1. The van der Waals surface area contributed by atoms with E-state index >= 15 is 0 Å². The largest absolute Gasteiger partial charge is 0.454 e. The summed E-state index contributed by atoms with van der Waals surface area (Å²) in [6.07, 6.45) is -0.235.